The first-order valence-electron chi connectivity index (χ1n) is 32.0. The van der Waals surface area contributed by atoms with Crippen molar-refractivity contribution in [3.05, 3.63) is 0 Å². The highest BCUT2D eigenvalue weighted by Crippen LogP contribution is 2.45. The minimum absolute atomic E-state index is 0.103. The molecule has 0 aromatic rings. The molecule has 3 unspecified atom stereocenters. The van der Waals surface area contributed by atoms with Gasteiger partial charge in [-0.05, 0) is 37.5 Å². The molecule has 0 radical (unpaired) electrons. The van der Waals surface area contributed by atoms with E-state index in [0.717, 1.165) is 109 Å². The second kappa shape index (κ2) is 53.8. The van der Waals surface area contributed by atoms with Crippen LogP contribution in [0.25, 0.3) is 0 Å². The van der Waals surface area contributed by atoms with Gasteiger partial charge in [0.25, 0.3) is 0 Å². The zero-order chi connectivity index (χ0) is 59.4. The van der Waals surface area contributed by atoms with Gasteiger partial charge in [0.2, 0.25) is 0 Å². The fourth-order valence-corrected chi connectivity index (χ4v) is 10.5. The van der Waals surface area contributed by atoms with E-state index in [1.807, 2.05) is 0 Å². The van der Waals surface area contributed by atoms with E-state index in [1.54, 1.807) is 0 Å². The van der Waals surface area contributed by atoms with Gasteiger partial charge in [0.05, 0.1) is 26.4 Å². The molecule has 0 fully saturated rings. The number of rotatable bonds is 60. The van der Waals surface area contributed by atoms with Crippen LogP contribution >= 0.6 is 15.6 Å². The van der Waals surface area contributed by atoms with Crippen LogP contribution in [0.1, 0.15) is 298 Å². The predicted molar refractivity (Wildman–Crippen MR) is 317 cm³/mol. The Bertz CT molecular complexity index is 1580. The number of hydrogen-bond acceptors (Lipinski definition) is 15. The van der Waals surface area contributed by atoms with Gasteiger partial charge < -0.3 is 33.8 Å². The summed E-state index contributed by atoms with van der Waals surface area (Å²) in [6.45, 7) is 9.34. The zero-order valence-corrected chi connectivity index (χ0v) is 53.2. The summed E-state index contributed by atoms with van der Waals surface area (Å²) in [5.74, 6) is -0.717. The van der Waals surface area contributed by atoms with Crippen LogP contribution < -0.4 is 0 Å². The highest BCUT2D eigenvalue weighted by atomic mass is 31.2. The summed E-state index contributed by atoms with van der Waals surface area (Å²) in [5.41, 5.74) is 0. The molecule has 0 rings (SSSR count). The third kappa shape index (κ3) is 54.0. The maximum atomic E-state index is 12.9. The minimum Gasteiger partial charge on any atom is -0.462 e. The van der Waals surface area contributed by atoms with Crippen molar-refractivity contribution in [2.45, 2.75) is 317 Å². The number of esters is 4. The fourth-order valence-electron chi connectivity index (χ4n) is 8.97. The van der Waals surface area contributed by atoms with Crippen molar-refractivity contribution < 1.29 is 80.2 Å². The minimum atomic E-state index is -4.94. The van der Waals surface area contributed by atoms with Gasteiger partial charge in [0.1, 0.15) is 19.3 Å². The Labute approximate surface area is 486 Å². The van der Waals surface area contributed by atoms with E-state index in [2.05, 4.69) is 41.5 Å². The molecular weight excluding hydrogens is 1070 g/mol. The molecule has 80 heavy (non-hydrogen) atoms. The van der Waals surface area contributed by atoms with Gasteiger partial charge >= 0.3 is 39.5 Å². The van der Waals surface area contributed by atoms with Crippen LogP contribution in [-0.4, -0.2) is 96.7 Å². The van der Waals surface area contributed by atoms with Crippen LogP contribution in [0.3, 0.4) is 0 Å². The molecule has 17 nitrogen and oxygen atoms in total. The first kappa shape index (κ1) is 78.1. The molecule has 3 N–H and O–H groups in total. The van der Waals surface area contributed by atoms with E-state index in [1.165, 1.54) is 103 Å². The molecule has 0 aromatic carbocycles. The molecule has 19 heteroatoms. The second-order valence-electron chi connectivity index (χ2n) is 22.8. The highest BCUT2D eigenvalue weighted by molar-refractivity contribution is 7.47. The maximum Gasteiger partial charge on any atom is 0.472 e. The van der Waals surface area contributed by atoms with Crippen LogP contribution in [-0.2, 0) is 65.4 Å². The third-order valence-electron chi connectivity index (χ3n) is 14.3. The Morgan fingerprint density at radius 1 is 0.362 bits per heavy atom. The summed E-state index contributed by atoms with van der Waals surface area (Å²) < 4.78 is 67.8. The average Bonchev–Trinajstić information content (AvgIpc) is 3.42. The monoisotopic (exact) mass is 1180 g/mol. The molecule has 0 bridgehead atoms. The Morgan fingerprint density at radius 3 is 0.950 bits per heavy atom. The van der Waals surface area contributed by atoms with Gasteiger partial charge in [-0.15, -0.1) is 0 Å². The van der Waals surface area contributed by atoms with E-state index < -0.39 is 97.5 Å². The SMILES string of the molecule is CCCCCCCCCCCCCCC(=O)O[C@H](COC(=O)CCCCCCCCCC(C)C)COP(=O)(O)OC[C@@H](O)COP(=O)(O)OC[C@@H](COC(=O)CCCCCCCCCC)OC(=O)CCCCCCCCC(C)CC. The quantitative estimate of drug-likeness (QED) is 0.0222. The number of unbranched alkanes of at least 4 members (excludes halogenated alkanes) is 29. The average molecular weight is 1190 g/mol. The van der Waals surface area contributed by atoms with Crippen molar-refractivity contribution >= 4 is 39.5 Å². The molecule has 6 atom stereocenters. The number of aliphatic hydroxyl groups is 1. The molecule has 0 spiro atoms. The summed E-state index contributed by atoms with van der Waals surface area (Å²) >= 11 is 0. The van der Waals surface area contributed by atoms with E-state index >= 15 is 0 Å². The molecule has 0 aromatic heterocycles. The van der Waals surface area contributed by atoms with Crippen LogP contribution in [0.5, 0.6) is 0 Å². The van der Waals surface area contributed by atoms with Crippen LogP contribution in [0.15, 0.2) is 0 Å². The first-order valence-corrected chi connectivity index (χ1v) is 35.0. The van der Waals surface area contributed by atoms with Gasteiger partial charge in [0, 0.05) is 25.7 Å². The molecule has 0 aliphatic rings. The van der Waals surface area contributed by atoms with Gasteiger partial charge in [-0.1, -0.05) is 247 Å². The topological polar surface area (TPSA) is 237 Å². The molecule has 0 saturated carbocycles. The lowest BCUT2D eigenvalue weighted by Crippen LogP contribution is -2.30. The lowest BCUT2D eigenvalue weighted by atomic mass is 10.00. The number of ether oxygens (including phenoxy) is 4. The number of aliphatic hydroxyl groups excluding tert-OH is 1. The summed E-state index contributed by atoms with van der Waals surface area (Å²) in [6.07, 6.45) is 34.9. The lowest BCUT2D eigenvalue weighted by molar-refractivity contribution is -0.161. The van der Waals surface area contributed by atoms with Crippen LogP contribution in [0.2, 0.25) is 0 Å². The maximum absolute atomic E-state index is 12.9. The standard InChI is InChI=1S/C61H118O17P2/c1-7-10-12-14-16-18-19-20-21-25-33-39-45-60(65)77-56(49-72-59(64)44-38-32-26-22-23-29-35-41-53(4)5)51-75-79(67,68)73-47-55(62)48-74-80(69,70)76-52-57(50-71-58(63)43-37-31-24-17-15-13-11-8-2)78-61(66)46-40-34-28-27-30-36-42-54(6)9-3/h53-57,62H,7-52H2,1-6H3,(H,67,68)(H,69,70)/t54?,55-,56-,57-/m1/s1. The van der Waals surface area contributed by atoms with Crippen LogP contribution in [0, 0.1) is 11.8 Å². The van der Waals surface area contributed by atoms with Crippen molar-refractivity contribution in [2.24, 2.45) is 11.8 Å². The second-order valence-corrected chi connectivity index (χ2v) is 25.7. The molecule has 0 aliphatic heterocycles. The van der Waals surface area contributed by atoms with Crippen molar-refractivity contribution in [3.63, 3.8) is 0 Å². The predicted octanol–water partition coefficient (Wildman–Crippen LogP) is 16.5. The number of carbonyl (C=O) groups excluding carboxylic acids is 4. The van der Waals surface area contributed by atoms with E-state index in [9.17, 15) is 43.2 Å². The largest absolute Gasteiger partial charge is 0.472 e. The van der Waals surface area contributed by atoms with Crippen molar-refractivity contribution in [1.82, 2.24) is 0 Å². The molecule has 0 heterocycles. The normalized spacial score (nSPS) is 14.7. The van der Waals surface area contributed by atoms with Gasteiger partial charge in [-0.25, -0.2) is 9.13 Å². The van der Waals surface area contributed by atoms with E-state index in [4.69, 9.17) is 37.0 Å². The lowest BCUT2D eigenvalue weighted by Gasteiger charge is -2.21. The van der Waals surface area contributed by atoms with Gasteiger partial charge in [-0.3, -0.25) is 37.3 Å². The molecule has 0 saturated heterocycles. The number of phosphoric acid groups is 2. The molecule has 0 amide bonds. The van der Waals surface area contributed by atoms with E-state index in [-0.39, 0.29) is 25.7 Å². The van der Waals surface area contributed by atoms with Crippen molar-refractivity contribution in [2.75, 3.05) is 39.6 Å². The Balaban J connectivity index is 5.24. The summed E-state index contributed by atoms with van der Waals surface area (Å²) in [7, 11) is -9.88. The first-order chi connectivity index (χ1) is 38.4. The summed E-state index contributed by atoms with van der Waals surface area (Å²) in [4.78, 5) is 72.0. The van der Waals surface area contributed by atoms with Gasteiger partial charge in [-0.2, -0.15) is 0 Å². The van der Waals surface area contributed by atoms with Crippen molar-refractivity contribution in [3.8, 4) is 0 Å². The molecule has 474 valence electrons. The van der Waals surface area contributed by atoms with Crippen molar-refractivity contribution in [1.29, 1.82) is 0 Å². The Morgan fingerprint density at radius 2 is 0.637 bits per heavy atom. The summed E-state index contributed by atoms with van der Waals surface area (Å²) in [5, 5.41) is 10.5. The number of carbonyl (C=O) groups is 4. The van der Waals surface area contributed by atoms with E-state index in [0.29, 0.717) is 31.6 Å². The Hall–Kier alpha value is -1.94. The highest BCUT2D eigenvalue weighted by Gasteiger charge is 2.30. The van der Waals surface area contributed by atoms with Gasteiger partial charge in [0.15, 0.2) is 12.2 Å². The molecule has 0 aliphatic carbocycles. The van der Waals surface area contributed by atoms with Crippen LogP contribution in [0.4, 0.5) is 0 Å². The zero-order valence-electron chi connectivity index (χ0n) is 51.4. The number of phosphoric ester groups is 2. The Kier molecular flexibility index (Phi) is 52.5. The molecular formula is C61H118O17P2. The number of hydrogen-bond donors (Lipinski definition) is 3. The smallest absolute Gasteiger partial charge is 0.462 e. The fraction of sp³-hybridized carbons (Fsp3) is 0.934. The summed E-state index contributed by atoms with van der Waals surface area (Å²) in [6, 6.07) is 0. The third-order valence-corrected chi connectivity index (χ3v) is 16.2.